The molecule has 0 bridgehead atoms. The van der Waals surface area contributed by atoms with Crippen LogP contribution in [-0.4, -0.2) is 29.5 Å². The Balaban J connectivity index is 0.000000349. The van der Waals surface area contributed by atoms with Gasteiger partial charge in [0.15, 0.2) is 5.69 Å². The highest BCUT2D eigenvalue weighted by Gasteiger charge is 2.17. The molecule has 0 aliphatic carbocycles. The highest BCUT2D eigenvalue weighted by molar-refractivity contribution is 7.85. The Morgan fingerprint density at radius 2 is 1.58 bits per heavy atom. The third kappa shape index (κ3) is 8.52. The first-order chi connectivity index (χ1) is 23.0. The summed E-state index contributed by atoms with van der Waals surface area (Å²) >= 11 is 0. The van der Waals surface area contributed by atoms with Crippen molar-refractivity contribution >= 4 is 33.6 Å². The summed E-state index contributed by atoms with van der Waals surface area (Å²) in [7, 11) is -2.18. The second-order valence-corrected chi connectivity index (χ2v) is 12.5. The van der Waals surface area contributed by atoms with Gasteiger partial charge in [0, 0.05) is 22.9 Å². The van der Waals surface area contributed by atoms with Gasteiger partial charge >= 0.3 is 0 Å². The number of nitrogens with zero attached hydrogens (tertiary/aromatic N) is 3. The van der Waals surface area contributed by atoms with E-state index < -0.39 is 10.1 Å². The number of fused-ring (bicyclic) bond motifs is 1. The summed E-state index contributed by atoms with van der Waals surface area (Å²) in [6.45, 7) is 4.40. The van der Waals surface area contributed by atoms with Crippen LogP contribution in [0.15, 0.2) is 131 Å². The Labute approximate surface area is 279 Å². The lowest BCUT2D eigenvalue weighted by atomic mass is 10.1. The van der Waals surface area contributed by atoms with Gasteiger partial charge in [0.25, 0.3) is 11.6 Å². The molecular formula is C37H35N5O5S. The predicted molar refractivity (Wildman–Crippen MR) is 185 cm³/mol. The number of benzene rings is 4. The number of nitrogen functional groups attached to an aromatic ring is 1. The van der Waals surface area contributed by atoms with E-state index >= 15 is 0 Å². The minimum absolute atomic E-state index is 0.178. The molecule has 11 heteroatoms. The van der Waals surface area contributed by atoms with E-state index in [-0.39, 0.29) is 10.8 Å². The Morgan fingerprint density at radius 1 is 0.917 bits per heavy atom. The Hall–Kier alpha value is -5.78. The normalized spacial score (nSPS) is 11.2. The first kappa shape index (κ1) is 33.6. The van der Waals surface area contributed by atoms with Crippen molar-refractivity contribution in [2.24, 2.45) is 12.1 Å². The SMILES string of the molecule is Cc1ccc(S(=O)(=O)[O-])cc1.Cc1cccc2n1cc(-c1ccc(COc3ccc(/C=N/NC(=O)c4ccc(N)cc4)cc3)cc1)[n+]2C. The number of rotatable bonds is 8. The summed E-state index contributed by atoms with van der Waals surface area (Å²) in [4.78, 5) is 11.9. The molecule has 0 saturated heterocycles. The molecule has 0 aliphatic heterocycles. The van der Waals surface area contributed by atoms with Crippen molar-refractivity contribution in [1.29, 1.82) is 0 Å². The van der Waals surface area contributed by atoms with E-state index in [4.69, 9.17) is 10.5 Å². The summed E-state index contributed by atoms with van der Waals surface area (Å²) in [5.41, 5.74) is 16.8. The first-order valence-electron chi connectivity index (χ1n) is 15.0. The molecule has 4 aromatic carbocycles. The zero-order valence-electron chi connectivity index (χ0n) is 26.7. The number of carbonyl (C=O) groups excluding carboxylic acids is 1. The predicted octanol–water partition coefficient (Wildman–Crippen LogP) is 5.56. The number of nitrogens with one attached hydrogen (secondary N) is 1. The molecule has 0 unspecified atom stereocenters. The van der Waals surface area contributed by atoms with Gasteiger partial charge in [0.05, 0.1) is 18.2 Å². The molecule has 3 N–H and O–H groups in total. The van der Waals surface area contributed by atoms with E-state index in [1.54, 1.807) is 42.6 Å². The fourth-order valence-electron chi connectivity index (χ4n) is 4.81. The average molecular weight is 662 g/mol. The van der Waals surface area contributed by atoms with Crippen LogP contribution in [0.4, 0.5) is 5.69 Å². The van der Waals surface area contributed by atoms with Crippen molar-refractivity contribution in [3.05, 3.63) is 149 Å². The van der Waals surface area contributed by atoms with E-state index in [1.807, 2.05) is 31.2 Å². The highest BCUT2D eigenvalue weighted by atomic mass is 32.2. The number of hydrogen-bond acceptors (Lipinski definition) is 7. The Bertz CT molecular complexity index is 2160. The third-order valence-corrected chi connectivity index (χ3v) is 8.41. The van der Waals surface area contributed by atoms with Crippen LogP contribution in [0.25, 0.3) is 16.9 Å². The summed E-state index contributed by atoms with van der Waals surface area (Å²) in [5.74, 6) is 0.462. The molecule has 0 radical (unpaired) electrons. The maximum atomic E-state index is 12.1. The van der Waals surface area contributed by atoms with Crippen LogP contribution >= 0.6 is 0 Å². The number of ether oxygens (including phenoxy) is 1. The molecule has 0 spiro atoms. The monoisotopic (exact) mass is 661 g/mol. The summed E-state index contributed by atoms with van der Waals surface area (Å²) in [5, 5.41) is 4.02. The van der Waals surface area contributed by atoms with E-state index in [0.717, 1.165) is 39.3 Å². The lowest BCUT2D eigenvalue weighted by Crippen LogP contribution is -2.29. The third-order valence-electron chi connectivity index (χ3n) is 7.56. The Morgan fingerprint density at radius 3 is 2.21 bits per heavy atom. The van der Waals surface area contributed by atoms with Gasteiger partial charge in [-0.1, -0.05) is 48.0 Å². The molecule has 2 heterocycles. The standard InChI is InChI=1S/C30H27N5O2.C7H8O3S/c1-21-4-3-5-29-34(2)28(19-35(21)29)24-10-6-23(7-11-24)20-37-27-16-8-22(9-17-27)18-32-33-30(36)25-12-14-26(31)15-13-25;1-6-2-4-7(5-3-6)11(8,9)10/h3-19H,20H2,1-2H3,(H2-,31,33,36);2-5H,1H3,(H,8,9,10)/b32-18+;. The molecule has 0 saturated carbocycles. The summed E-state index contributed by atoms with van der Waals surface area (Å²) < 4.78 is 41.5. The van der Waals surface area contributed by atoms with E-state index in [0.29, 0.717) is 17.9 Å². The minimum atomic E-state index is -4.27. The molecule has 48 heavy (non-hydrogen) atoms. The number of imidazole rings is 1. The Kier molecular flexibility index (Phi) is 10.3. The van der Waals surface area contributed by atoms with Crippen LogP contribution < -0.4 is 20.5 Å². The quantitative estimate of drug-likeness (QED) is 0.0719. The van der Waals surface area contributed by atoms with E-state index in [1.165, 1.54) is 17.8 Å². The van der Waals surface area contributed by atoms with Crippen LogP contribution in [-0.2, 0) is 23.8 Å². The topological polar surface area (TPSA) is 142 Å². The first-order valence-corrected chi connectivity index (χ1v) is 16.4. The van der Waals surface area contributed by atoms with Crippen molar-refractivity contribution in [2.45, 2.75) is 25.3 Å². The molecular weight excluding hydrogens is 627 g/mol. The number of nitrogens with two attached hydrogens (primary N) is 1. The van der Waals surface area contributed by atoms with Gasteiger partial charge in [0.2, 0.25) is 0 Å². The molecule has 0 fully saturated rings. The van der Waals surface area contributed by atoms with Crippen LogP contribution in [0, 0.1) is 13.8 Å². The van der Waals surface area contributed by atoms with Gasteiger partial charge in [-0.15, -0.1) is 0 Å². The average Bonchev–Trinajstić information content (AvgIpc) is 3.42. The zero-order chi connectivity index (χ0) is 34.3. The minimum Gasteiger partial charge on any atom is -0.744 e. The maximum absolute atomic E-state index is 12.1. The number of pyridine rings is 1. The summed E-state index contributed by atoms with van der Waals surface area (Å²) in [6, 6.07) is 34.7. The van der Waals surface area contributed by atoms with Crippen molar-refractivity contribution in [1.82, 2.24) is 9.83 Å². The van der Waals surface area contributed by atoms with Crippen molar-refractivity contribution in [3.8, 4) is 17.0 Å². The van der Waals surface area contributed by atoms with Gasteiger partial charge in [-0.25, -0.2) is 18.4 Å². The van der Waals surface area contributed by atoms with Gasteiger partial charge < -0.3 is 15.0 Å². The molecule has 6 aromatic rings. The smallest absolute Gasteiger partial charge is 0.286 e. The van der Waals surface area contributed by atoms with Crippen LogP contribution in [0.2, 0.25) is 0 Å². The van der Waals surface area contributed by atoms with Crippen molar-refractivity contribution in [3.63, 3.8) is 0 Å². The number of hydrogen-bond donors (Lipinski definition) is 2. The van der Waals surface area contributed by atoms with Gasteiger partial charge in [-0.2, -0.15) is 9.50 Å². The van der Waals surface area contributed by atoms with Crippen molar-refractivity contribution < 1.29 is 27.1 Å². The lowest BCUT2D eigenvalue weighted by molar-refractivity contribution is -0.633. The largest absolute Gasteiger partial charge is 0.744 e. The molecule has 0 atom stereocenters. The van der Waals surface area contributed by atoms with E-state index in [9.17, 15) is 17.8 Å². The second kappa shape index (κ2) is 14.8. The van der Waals surface area contributed by atoms with Crippen LogP contribution in [0.1, 0.15) is 32.7 Å². The summed E-state index contributed by atoms with van der Waals surface area (Å²) in [6.07, 6.45) is 3.76. The molecule has 2 aromatic heterocycles. The number of carbonyl (C=O) groups is 1. The van der Waals surface area contributed by atoms with Crippen LogP contribution in [0.5, 0.6) is 5.75 Å². The zero-order valence-corrected chi connectivity index (χ0v) is 27.5. The van der Waals surface area contributed by atoms with Crippen LogP contribution in [0.3, 0.4) is 0 Å². The maximum Gasteiger partial charge on any atom is 0.286 e. The molecule has 10 nitrogen and oxygen atoms in total. The van der Waals surface area contributed by atoms with E-state index in [2.05, 4.69) is 82.1 Å². The number of aryl methyl sites for hydroxylation is 3. The number of aromatic nitrogens is 2. The van der Waals surface area contributed by atoms with Gasteiger partial charge in [-0.05, 0) is 91.7 Å². The highest BCUT2D eigenvalue weighted by Crippen LogP contribution is 2.20. The number of hydrazone groups is 1. The number of amides is 1. The fraction of sp³-hybridized carbons (Fsp3) is 0.108. The number of anilines is 1. The fourth-order valence-corrected chi connectivity index (χ4v) is 5.28. The van der Waals surface area contributed by atoms with Crippen molar-refractivity contribution in [2.75, 3.05) is 5.73 Å². The molecule has 6 rings (SSSR count). The molecule has 1 amide bonds. The second-order valence-electron chi connectivity index (χ2n) is 11.1. The van der Waals surface area contributed by atoms with Gasteiger partial charge in [-0.3, -0.25) is 4.79 Å². The molecule has 244 valence electrons. The molecule has 0 aliphatic rings. The lowest BCUT2D eigenvalue weighted by Gasteiger charge is -2.07. The van der Waals surface area contributed by atoms with Gasteiger partial charge in [0.1, 0.15) is 34.4 Å².